The SMILES string of the molecule is Cc1ccccc1C(CC1(C2CCC(C)(O)CC2)OCCO1)c1ccc(S(C)(=O)=O)cc1. The number of aliphatic hydroxyl groups is 1. The molecule has 0 aromatic heterocycles. The lowest BCUT2D eigenvalue weighted by Gasteiger charge is -2.43. The lowest BCUT2D eigenvalue weighted by molar-refractivity contribution is -0.214. The third kappa shape index (κ3) is 4.93. The van der Waals surface area contributed by atoms with E-state index in [0.717, 1.165) is 31.2 Å². The normalized spacial score (nSPS) is 26.7. The van der Waals surface area contributed by atoms with Crippen LogP contribution in [0.2, 0.25) is 0 Å². The van der Waals surface area contributed by atoms with Gasteiger partial charge in [-0.2, -0.15) is 0 Å². The minimum absolute atomic E-state index is 0.00495. The fourth-order valence-electron chi connectivity index (χ4n) is 5.29. The number of sulfone groups is 1. The molecule has 0 bridgehead atoms. The van der Waals surface area contributed by atoms with Gasteiger partial charge in [0.25, 0.3) is 0 Å². The zero-order valence-electron chi connectivity index (χ0n) is 19.2. The molecule has 0 amide bonds. The maximum absolute atomic E-state index is 12.0. The Kier molecular flexibility index (Phi) is 6.52. The van der Waals surface area contributed by atoms with E-state index in [4.69, 9.17) is 9.47 Å². The Hall–Kier alpha value is -1.73. The van der Waals surface area contributed by atoms with E-state index < -0.39 is 21.2 Å². The lowest BCUT2D eigenvalue weighted by Crippen LogP contribution is -2.45. The molecule has 32 heavy (non-hydrogen) atoms. The van der Waals surface area contributed by atoms with E-state index in [1.807, 2.05) is 31.2 Å². The Morgan fingerprint density at radius 2 is 1.62 bits per heavy atom. The summed E-state index contributed by atoms with van der Waals surface area (Å²) in [6.45, 7) is 5.15. The first-order chi connectivity index (χ1) is 15.1. The molecule has 1 aliphatic heterocycles. The van der Waals surface area contributed by atoms with Crippen molar-refractivity contribution in [3.63, 3.8) is 0 Å². The van der Waals surface area contributed by atoms with Gasteiger partial charge in [0.05, 0.1) is 23.7 Å². The number of rotatable bonds is 6. The molecule has 1 heterocycles. The Balaban J connectivity index is 1.71. The molecule has 1 saturated heterocycles. The number of aryl methyl sites for hydroxylation is 1. The van der Waals surface area contributed by atoms with Crippen molar-refractivity contribution in [1.82, 2.24) is 0 Å². The summed E-state index contributed by atoms with van der Waals surface area (Å²) in [6, 6.07) is 15.5. The molecule has 2 fully saturated rings. The average Bonchev–Trinajstić information content (AvgIpc) is 3.22. The first-order valence-corrected chi connectivity index (χ1v) is 13.3. The Morgan fingerprint density at radius 1 is 1.03 bits per heavy atom. The first-order valence-electron chi connectivity index (χ1n) is 11.5. The summed E-state index contributed by atoms with van der Waals surface area (Å²) in [5.41, 5.74) is 2.81. The van der Waals surface area contributed by atoms with Crippen LogP contribution in [0.4, 0.5) is 0 Å². The molecular formula is C26H34O5S. The van der Waals surface area contributed by atoms with E-state index in [-0.39, 0.29) is 11.8 Å². The van der Waals surface area contributed by atoms with Crippen LogP contribution >= 0.6 is 0 Å². The summed E-state index contributed by atoms with van der Waals surface area (Å²) < 4.78 is 36.6. The van der Waals surface area contributed by atoms with Crippen LogP contribution < -0.4 is 0 Å². The Bertz CT molecular complexity index is 1030. The van der Waals surface area contributed by atoms with Gasteiger partial charge in [-0.15, -0.1) is 0 Å². The van der Waals surface area contributed by atoms with E-state index in [1.54, 1.807) is 12.1 Å². The molecule has 2 aliphatic rings. The van der Waals surface area contributed by atoms with Crippen molar-refractivity contribution in [2.45, 2.75) is 68.2 Å². The average molecular weight is 459 g/mol. The number of hydrogen-bond acceptors (Lipinski definition) is 5. The minimum atomic E-state index is -3.25. The van der Waals surface area contributed by atoms with E-state index in [2.05, 4.69) is 19.1 Å². The fraction of sp³-hybridized carbons (Fsp3) is 0.538. The predicted molar refractivity (Wildman–Crippen MR) is 124 cm³/mol. The molecule has 0 radical (unpaired) electrons. The Labute approximate surface area is 191 Å². The summed E-state index contributed by atoms with van der Waals surface area (Å²) in [7, 11) is -3.25. The van der Waals surface area contributed by atoms with Gasteiger partial charge in [0, 0.05) is 24.5 Å². The van der Waals surface area contributed by atoms with Gasteiger partial charge < -0.3 is 14.6 Å². The summed E-state index contributed by atoms with van der Waals surface area (Å²) in [4.78, 5) is 0.322. The molecule has 1 saturated carbocycles. The van der Waals surface area contributed by atoms with Gasteiger partial charge in [-0.25, -0.2) is 8.42 Å². The van der Waals surface area contributed by atoms with Gasteiger partial charge in [0.15, 0.2) is 15.6 Å². The van der Waals surface area contributed by atoms with Crippen molar-refractivity contribution in [3.05, 3.63) is 65.2 Å². The summed E-state index contributed by atoms with van der Waals surface area (Å²) in [5, 5.41) is 10.5. The summed E-state index contributed by atoms with van der Waals surface area (Å²) >= 11 is 0. The highest BCUT2D eigenvalue weighted by molar-refractivity contribution is 7.90. The van der Waals surface area contributed by atoms with Crippen LogP contribution in [0.5, 0.6) is 0 Å². The van der Waals surface area contributed by atoms with Crippen molar-refractivity contribution in [2.75, 3.05) is 19.5 Å². The summed E-state index contributed by atoms with van der Waals surface area (Å²) in [6.07, 6.45) is 5.09. The Morgan fingerprint density at radius 3 is 2.19 bits per heavy atom. The zero-order valence-corrected chi connectivity index (χ0v) is 20.0. The van der Waals surface area contributed by atoms with Crippen molar-refractivity contribution in [1.29, 1.82) is 0 Å². The largest absolute Gasteiger partial charge is 0.390 e. The van der Waals surface area contributed by atoms with Crippen molar-refractivity contribution < 1.29 is 23.0 Å². The molecule has 2 aromatic carbocycles. The molecule has 6 heteroatoms. The number of ether oxygens (including phenoxy) is 2. The van der Waals surface area contributed by atoms with Gasteiger partial charge >= 0.3 is 0 Å². The van der Waals surface area contributed by atoms with Gasteiger partial charge in [-0.3, -0.25) is 0 Å². The van der Waals surface area contributed by atoms with Crippen LogP contribution in [0.3, 0.4) is 0 Å². The molecule has 1 atom stereocenters. The maximum Gasteiger partial charge on any atom is 0.175 e. The molecule has 174 valence electrons. The van der Waals surface area contributed by atoms with Crippen molar-refractivity contribution in [2.24, 2.45) is 5.92 Å². The smallest absolute Gasteiger partial charge is 0.175 e. The second kappa shape index (κ2) is 8.90. The third-order valence-corrected chi connectivity index (χ3v) is 8.35. The molecule has 4 rings (SSSR count). The van der Waals surface area contributed by atoms with Crippen LogP contribution in [0.15, 0.2) is 53.4 Å². The molecule has 2 aromatic rings. The van der Waals surface area contributed by atoms with E-state index in [0.29, 0.717) is 24.5 Å². The second-order valence-electron chi connectivity index (χ2n) is 9.73. The number of benzene rings is 2. The third-order valence-electron chi connectivity index (χ3n) is 7.22. The van der Waals surface area contributed by atoms with Crippen molar-refractivity contribution >= 4 is 9.84 Å². The standard InChI is InChI=1S/C26H34O5S/c1-19-6-4-5-7-23(19)24(20-8-10-22(11-9-20)32(3,28)29)18-26(30-16-17-31-26)21-12-14-25(2,27)15-13-21/h4-11,21,24,27H,12-18H2,1-3H3. The van der Waals surface area contributed by atoms with E-state index in [1.165, 1.54) is 17.4 Å². The maximum atomic E-state index is 12.0. The zero-order chi connectivity index (χ0) is 23.0. The number of hydrogen-bond donors (Lipinski definition) is 1. The molecule has 0 spiro atoms. The quantitative estimate of drug-likeness (QED) is 0.685. The second-order valence-corrected chi connectivity index (χ2v) is 11.8. The summed E-state index contributed by atoms with van der Waals surface area (Å²) in [5.74, 6) is -0.476. The van der Waals surface area contributed by atoms with Crippen LogP contribution in [0, 0.1) is 12.8 Å². The first kappa shape index (κ1) is 23.4. The highest BCUT2D eigenvalue weighted by Gasteiger charge is 2.48. The van der Waals surface area contributed by atoms with Crippen molar-refractivity contribution in [3.8, 4) is 0 Å². The topological polar surface area (TPSA) is 72.8 Å². The molecule has 5 nitrogen and oxygen atoms in total. The van der Waals surface area contributed by atoms with E-state index >= 15 is 0 Å². The van der Waals surface area contributed by atoms with Crippen LogP contribution in [-0.4, -0.2) is 44.4 Å². The van der Waals surface area contributed by atoms with Crippen LogP contribution in [-0.2, 0) is 19.3 Å². The lowest BCUT2D eigenvalue weighted by atomic mass is 9.72. The molecule has 1 unspecified atom stereocenters. The predicted octanol–water partition coefficient (Wildman–Crippen LogP) is 4.60. The highest BCUT2D eigenvalue weighted by atomic mass is 32.2. The van der Waals surface area contributed by atoms with Gasteiger partial charge in [0.1, 0.15) is 0 Å². The monoisotopic (exact) mass is 458 g/mol. The van der Waals surface area contributed by atoms with Crippen LogP contribution in [0.1, 0.15) is 61.6 Å². The van der Waals surface area contributed by atoms with Crippen LogP contribution in [0.25, 0.3) is 0 Å². The molecular weight excluding hydrogens is 424 g/mol. The van der Waals surface area contributed by atoms with Gasteiger partial charge in [0.2, 0.25) is 0 Å². The fourth-order valence-corrected chi connectivity index (χ4v) is 5.92. The molecule has 1 N–H and O–H groups in total. The van der Waals surface area contributed by atoms with E-state index in [9.17, 15) is 13.5 Å². The van der Waals surface area contributed by atoms with Gasteiger partial charge in [-0.1, -0.05) is 36.4 Å². The minimum Gasteiger partial charge on any atom is -0.390 e. The van der Waals surface area contributed by atoms with Gasteiger partial charge in [-0.05, 0) is 68.4 Å². The molecule has 1 aliphatic carbocycles. The highest BCUT2D eigenvalue weighted by Crippen LogP contribution is 2.47.